The molecular formula is C15H22N2O3. The number of anilines is 2. The second kappa shape index (κ2) is 5.71. The van der Waals surface area contributed by atoms with Gasteiger partial charge in [0.1, 0.15) is 12.4 Å². The number of nitrogen functional groups attached to an aromatic ring is 1. The number of hydrogen-bond donors (Lipinski definition) is 2. The topological polar surface area (TPSA) is 73.6 Å². The molecule has 1 heterocycles. The molecule has 0 atom stereocenters. The maximum Gasteiger partial charge on any atom is 0.224 e. The first kappa shape index (κ1) is 14.7. The van der Waals surface area contributed by atoms with E-state index in [9.17, 15) is 4.79 Å². The fourth-order valence-corrected chi connectivity index (χ4v) is 2.05. The Morgan fingerprint density at radius 2 is 2.00 bits per heavy atom. The van der Waals surface area contributed by atoms with Crippen molar-refractivity contribution in [3.8, 4) is 5.75 Å². The molecule has 0 saturated carbocycles. The third kappa shape index (κ3) is 3.87. The summed E-state index contributed by atoms with van der Waals surface area (Å²) in [7, 11) is 0. The Hall–Kier alpha value is -1.75. The van der Waals surface area contributed by atoms with Crippen LogP contribution >= 0.6 is 0 Å². The Labute approximate surface area is 119 Å². The molecule has 0 unspecified atom stereocenters. The molecule has 110 valence electrons. The maximum absolute atomic E-state index is 11.3. The van der Waals surface area contributed by atoms with Gasteiger partial charge in [0, 0.05) is 12.1 Å². The van der Waals surface area contributed by atoms with E-state index in [4.69, 9.17) is 15.2 Å². The molecule has 0 aliphatic carbocycles. The molecule has 0 radical (unpaired) electrons. The van der Waals surface area contributed by atoms with Gasteiger partial charge >= 0.3 is 0 Å². The molecule has 5 nitrogen and oxygen atoms in total. The van der Waals surface area contributed by atoms with Crippen LogP contribution in [0.4, 0.5) is 11.4 Å². The lowest BCUT2D eigenvalue weighted by Crippen LogP contribution is -2.23. The highest BCUT2D eigenvalue weighted by Crippen LogP contribution is 2.32. The predicted octanol–water partition coefficient (Wildman–Crippen LogP) is 2.35. The summed E-state index contributed by atoms with van der Waals surface area (Å²) in [5.74, 6) is 0.682. The Bertz CT molecular complexity index is 507. The molecule has 0 fully saturated rings. The summed E-state index contributed by atoms with van der Waals surface area (Å²) in [4.78, 5) is 11.3. The van der Waals surface area contributed by atoms with Crippen molar-refractivity contribution in [2.75, 3.05) is 24.3 Å². The summed E-state index contributed by atoms with van der Waals surface area (Å²) < 4.78 is 11.3. The molecule has 0 spiro atoms. The van der Waals surface area contributed by atoms with Crippen LogP contribution in [-0.2, 0) is 16.0 Å². The van der Waals surface area contributed by atoms with Crippen LogP contribution in [0.1, 0.15) is 32.8 Å². The van der Waals surface area contributed by atoms with Gasteiger partial charge < -0.3 is 20.5 Å². The zero-order valence-corrected chi connectivity index (χ0v) is 12.3. The van der Waals surface area contributed by atoms with Gasteiger partial charge in [-0.15, -0.1) is 0 Å². The lowest BCUT2D eigenvalue weighted by atomic mass is 10.0. The van der Waals surface area contributed by atoms with Gasteiger partial charge in [0.05, 0.1) is 17.9 Å². The van der Waals surface area contributed by atoms with Crippen molar-refractivity contribution in [2.45, 2.75) is 39.2 Å². The molecule has 1 aromatic rings. The average Bonchev–Trinajstić information content (AvgIpc) is 2.34. The number of aryl methyl sites for hydroxylation is 1. The van der Waals surface area contributed by atoms with Gasteiger partial charge in [0.2, 0.25) is 5.91 Å². The molecule has 0 aromatic heterocycles. The van der Waals surface area contributed by atoms with Crippen molar-refractivity contribution in [1.29, 1.82) is 0 Å². The first-order valence-corrected chi connectivity index (χ1v) is 6.84. The second-order valence-electron chi connectivity index (χ2n) is 5.90. The van der Waals surface area contributed by atoms with E-state index in [1.54, 1.807) is 6.07 Å². The zero-order chi connectivity index (χ0) is 14.8. The van der Waals surface area contributed by atoms with Gasteiger partial charge in [-0.3, -0.25) is 4.79 Å². The van der Waals surface area contributed by atoms with Crippen molar-refractivity contribution in [3.63, 3.8) is 0 Å². The Kier molecular flexibility index (Phi) is 4.18. The number of nitrogens with two attached hydrogens (primary N) is 1. The van der Waals surface area contributed by atoms with E-state index in [1.165, 1.54) is 0 Å². The normalized spacial score (nSPS) is 14.7. The van der Waals surface area contributed by atoms with Crippen molar-refractivity contribution in [2.24, 2.45) is 0 Å². The molecular weight excluding hydrogens is 256 g/mol. The fraction of sp³-hybridized carbons (Fsp3) is 0.533. The van der Waals surface area contributed by atoms with Crippen LogP contribution in [0.3, 0.4) is 0 Å². The highest BCUT2D eigenvalue weighted by Gasteiger charge is 2.17. The average molecular weight is 278 g/mol. The zero-order valence-electron chi connectivity index (χ0n) is 12.3. The molecule has 1 aliphatic rings. The Balaban J connectivity index is 1.97. The fourth-order valence-electron chi connectivity index (χ4n) is 2.05. The van der Waals surface area contributed by atoms with E-state index in [0.717, 1.165) is 17.7 Å². The number of rotatable bonds is 4. The quantitative estimate of drug-likeness (QED) is 0.655. The minimum Gasteiger partial charge on any atom is -0.489 e. The first-order valence-electron chi connectivity index (χ1n) is 6.84. The molecule has 1 amide bonds. The van der Waals surface area contributed by atoms with Crippen molar-refractivity contribution >= 4 is 17.3 Å². The molecule has 0 saturated heterocycles. The smallest absolute Gasteiger partial charge is 0.224 e. The number of carbonyl (C=O) groups is 1. The van der Waals surface area contributed by atoms with E-state index in [-0.39, 0.29) is 11.5 Å². The summed E-state index contributed by atoms with van der Waals surface area (Å²) in [5, 5.41) is 2.82. The summed E-state index contributed by atoms with van der Waals surface area (Å²) in [6.45, 7) is 6.97. The second-order valence-corrected chi connectivity index (χ2v) is 5.90. The number of hydrogen-bond acceptors (Lipinski definition) is 4. The number of fused-ring (bicyclic) bond motifs is 1. The van der Waals surface area contributed by atoms with Gasteiger partial charge in [0.25, 0.3) is 0 Å². The minimum atomic E-state index is -0.172. The van der Waals surface area contributed by atoms with E-state index in [0.29, 0.717) is 31.1 Å². The lowest BCUT2D eigenvalue weighted by Gasteiger charge is -2.21. The third-order valence-corrected chi connectivity index (χ3v) is 3.01. The van der Waals surface area contributed by atoms with Crippen molar-refractivity contribution in [1.82, 2.24) is 0 Å². The van der Waals surface area contributed by atoms with Gasteiger partial charge in [-0.05, 0) is 44.9 Å². The monoisotopic (exact) mass is 278 g/mol. The van der Waals surface area contributed by atoms with E-state index in [1.807, 2.05) is 26.8 Å². The SMILES string of the molecule is CC(C)(C)OCCOc1cc2c(cc1N)NC(=O)CC2. The van der Waals surface area contributed by atoms with Gasteiger partial charge in [-0.25, -0.2) is 0 Å². The van der Waals surface area contributed by atoms with E-state index >= 15 is 0 Å². The van der Waals surface area contributed by atoms with Gasteiger partial charge in [0.15, 0.2) is 0 Å². The molecule has 2 rings (SSSR count). The Morgan fingerprint density at radius 1 is 1.25 bits per heavy atom. The van der Waals surface area contributed by atoms with Crippen LogP contribution in [0.15, 0.2) is 12.1 Å². The third-order valence-electron chi connectivity index (χ3n) is 3.01. The van der Waals surface area contributed by atoms with E-state index in [2.05, 4.69) is 5.32 Å². The van der Waals surface area contributed by atoms with E-state index < -0.39 is 0 Å². The largest absolute Gasteiger partial charge is 0.489 e. The molecule has 20 heavy (non-hydrogen) atoms. The summed E-state index contributed by atoms with van der Waals surface area (Å²) in [6, 6.07) is 3.66. The molecule has 3 N–H and O–H groups in total. The van der Waals surface area contributed by atoms with Crippen LogP contribution in [0.2, 0.25) is 0 Å². The number of ether oxygens (including phenoxy) is 2. The first-order chi connectivity index (χ1) is 9.35. The highest BCUT2D eigenvalue weighted by atomic mass is 16.5. The van der Waals surface area contributed by atoms with Crippen LogP contribution < -0.4 is 15.8 Å². The van der Waals surface area contributed by atoms with Crippen LogP contribution in [-0.4, -0.2) is 24.7 Å². The molecule has 1 aliphatic heterocycles. The minimum absolute atomic E-state index is 0.0316. The van der Waals surface area contributed by atoms with Crippen LogP contribution in [0.25, 0.3) is 0 Å². The summed E-state index contributed by atoms with van der Waals surface area (Å²) in [6.07, 6.45) is 1.22. The summed E-state index contributed by atoms with van der Waals surface area (Å²) >= 11 is 0. The molecule has 0 bridgehead atoms. The number of benzene rings is 1. The number of carbonyl (C=O) groups excluding carboxylic acids is 1. The standard InChI is InChI=1S/C15H22N2O3/c1-15(2,3)20-7-6-19-13-8-10-4-5-14(18)17-12(10)9-11(13)16/h8-9H,4-7,16H2,1-3H3,(H,17,18). The van der Waals surface area contributed by atoms with Gasteiger partial charge in [-0.1, -0.05) is 0 Å². The predicted molar refractivity (Wildman–Crippen MR) is 79.0 cm³/mol. The highest BCUT2D eigenvalue weighted by molar-refractivity contribution is 5.94. The number of nitrogens with one attached hydrogen (secondary N) is 1. The lowest BCUT2D eigenvalue weighted by molar-refractivity contribution is -0.116. The van der Waals surface area contributed by atoms with Crippen LogP contribution in [0, 0.1) is 0 Å². The molecule has 5 heteroatoms. The Morgan fingerprint density at radius 3 is 2.70 bits per heavy atom. The number of amides is 1. The van der Waals surface area contributed by atoms with Crippen LogP contribution in [0.5, 0.6) is 5.75 Å². The van der Waals surface area contributed by atoms with Crippen molar-refractivity contribution in [3.05, 3.63) is 17.7 Å². The summed E-state index contributed by atoms with van der Waals surface area (Å²) in [5.41, 5.74) is 8.15. The maximum atomic E-state index is 11.3. The van der Waals surface area contributed by atoms with Crippen molar-refractivity contribution < 1.29 is 14.3 Å². The van der Waals surface area contributed by atoms with Gasteiger partial charge in [-0.2, -0.15) is 0 Å². The molecule has 1 aromatic carbocycles.